The Bertz CT molecular complexity index is 766. The topological polar surface area (TPSA) is 149 Å². The second kappa shape index (κ2) is 30.7. The lowest BCUT2D eigenvalue weighted by Gasteiger charge is -2.40. The fraction of sp³-hybridized carbons (Fsp3) is 0.923. The summed E-state index contributed by atoms with van der Waals surface area (Å²) in [5, 5.41) is 54.0. The lowest BCUT2D eigenvalue weighted by molar-refractivity contribution is -0.302. The van der Waals surface area contributed by atoms with Gasteiger partial charge >= 0.3 is 0 Å². The first-order valence-corrected chi connectivity index (χ1v) is 19.9. The van der Waals surface area contributed by atoms with Gasteiger partial charge in [0, 0.05) is 6.42 Å². The highest BCUT2D eigenvalue weighted by Crippen LogP contribution is 2.23. The predicted octanol–water partition coefficient (Wildman–Crippen LogP) is 7.00. The van der Waals surface area contributed by atoms with Crippen molar-refractivity contribution >= 4 is 5.91 Å². The van der Waals surface area contributed by atoms with Crippen LogP contribution in [-0.4, -0.2) is 87.5 Å². The van der Waals surface area contributed by atoms with E-state index in [1.807, 2.05) is 0 Å². The second-order valence-electron chi connectivity index (χ2n) is 14.1. The molecule has 0 bridgehead atoms. The molecule has 1 amide bonds. The van der Waals surface area contributed by atoms with E-state index >= 15 is 0 Å². The Kier molecular flexibility index (Phi) is 28.8. The van der Waals surface area contributed by atoms with Crippen LogP contribution in [0.2, 0.25) is 0 Å². The molecule has 1 fully saturated rings. The van der Waals surface area contributed by atoms with Gasteiger partial charge in [0.2, 0.25) is 5.91 Å². The molecule has 0 aliphatic carbocycles. The number of amides is 1. The zero-order valence-electron chi connectivity index (χ0n) is 30.7. The molecule has 0 saturated carbocycles. The quantitative estimate of drug-likeness (QED) is 0.0328. The summed E-state index contributed by atoms with van der Waals surface area (Å²) in [5.41, 5.74) is 0. The highest BCUT2D eigenvalue weighted by molar-refractivity contribution is 5.76. The number of rotatable bonds is 32. The Labute approximate surface area is 293 Å². The van der Waals surface area contributed by atoms with E-state index in [0.717, 1.165) is 51.4 Å². The van der Waals surface area contributed by atoms with E-state index in [9.17, 15) is 30.3 Å². The van der Waals surface area contributed by atoms with Gasteiger partial charge in [-0.3, -0.25) is 4.79 Å². The van der Waals surface area contributed by atoms with Gasteiger partial charge in [-0.2, -0.15) is 0 Å². The lowest BCUT2D eigenvalue weighted by atomic mass is 9.99. The van der Waals surface area contributed by atoms with Crippen LogP contribution < -0.4 is 5.32 Å². The molecule has 9 nitrogen and oxygen atoms in total. The van der Waals surface area contributed by atoms with Crippen LogP contribution in [0.15, 0.2) is 12.2 Å². The highest BCUT2D eigenvalue weighted by Gasteiger charge is 2.44. The SMILES string of the molecule is CCCCCCCCC/C=C\CCCCCCCC(=O)NC(COC1OC(CO)C(O)C(O)C1O)C(O)CCCCCCCCCCC. The van der Waals surface area contributed by atoms with Gasteiger partial charge in [0.05, 0.1) is 25.4 Å². The van der Waals surface area contributed by atoms with Gasteiger partial charge in [0.25, 0.3) is 0 Å². The summed E-state index contributed by atoms with van der Waals surface area (Å²) in [5.74, 6) is -0.156. The van der Waals surface area contributed by atoms with E-state index in [0.29, 0.717) is 12.8 Å². The van der Waals surface area contributed by atoms with Gasteiger partial charge in [-0.1, -0.05) is 142 Å². The van der Waals surface area contributed by atoms with Crippen molar-refractivity contribution in [3.8, 4) is 0 Å². The molecule has 48 heavy (non-hydrogen) atoms. The maximum atomic E-state index is 12.9. The molecule has 1 heterocycles. The molecular formula is C39H75NO8. The fourth-order valence-electron chi connectivity index (χ4n) is 6.33. The van der Waals surface area contributed by atoms with Gasteiger partial charge in [-0.15, -0.1) is 0 Å². The molecule has 6 N–H and O–H groups in total. The Balaban J connectivity index is 2.38. The fourth-order valence-corrected chi connectivity index (χ4v) is 6.33. The second-order valence-corrected chi connectivity index (χ2v) is 14.1. The molecule has 0 aromatic heterocycles. The summed E-state index contributed by atoms with van der Waals surface area (Å²) in [7, 11) is 0. The van der Waals surface area contributed by atoms with Gasteiger partial charge in [0.1, 0.15) is 24.4 Å². The first-order chi connectivity index (χ1) is 23.3. The number of aliphatic hydroxyl groups excluding tert-OH is 5. The van der Waals surface area contributed by atoms with Crippen LogP contribution in [0.1, 0.15) is 174 Å². The molecule has 1 rings (SSSR count). The molecule has 0 aromatic carbocycles. The van der Waals surface area contributed by atoms with Crippen molar-refractivity contribution in [3.63, 3.8) is 0 Å². The van der Waals surface area contributed by atoms with E-state index in [-0.39, 0.29) is 12.5 Å². The van der Waals surface area contributed by atoms with Crippen molar-refractivity contribution < 1.29 is 39.8 Å². The molecule has 1 saturated heterocycles. The van der Waals surface area contributed by atoms with E-state index in [2.05, 4.69) is 31.3 Å². The maximum absolute atomic E-state index is 12.9. The molecule has 7 unspecified atom stereocenters. The molecule has 9 heteroatoms. The summed E-state index contributed by atoms with van der Waals surface area (Å²) in [4.78, 5) is 12.9. The third kappa shape index (κ3) is 21.9. The van der Waals surface area contributed by atoms with Gasteiger partial charge in [-0.05, 0) is 38.5 Å². The number of carbonyl (C=O) groups is 1. The Morgan fingerprint density at radius 3 is 1.69 bits per heavy atom. The molecule has 284 valence electrons. The highest BCUT2D eigenvalue weighted by atomic mass is 16.7. The average molecular weight is 686 g/mol. The molecule has 0 aromatic rings. The summed E-state index contributed by atoms with van der Waals surface area (Å²) in [6.45, 7) is 3.78. The van der Waals surface area contributed by atoms with Crippen LogP contribution in [0, 0.1) is 0 Å². The van der Waals surface area contributed by atoms with Gasteiger partial charge in [0.15, 0.2) is 6.29 Å². The van der Waals surface area contributed by atoms with Crippen LogP contribution in [0.25, 0.3) is 0 Å². The first kappa shape index (κ1) is 45.0. The van der Waals surface area contributed by atoms with Crippen LogP contribution in [0.5, 0.6) is 0 Å². The minimum atomic E-state index is -1.55. The van der Waals surface area contributed by atoms with Gasteiger partial charge < -0.3 is 40.3 Å². The molecule has 1 aliphatic heterocycles. The summed E-state index contributed by atoms with van der Waals surface area (Å²) < 4.78 is 11.2. The zero-order chi connectivity index (χ0) is 35.2. The largest absolute Gasteiger partial charge is 0.394 e. The number of allylic oxidation sites excluding steroid dienone is 2. The van der Waals surface area contributed by atoms with E-state index in [1.165, 1.54) is 96.3 Å². The number of hydrogen-bond donors (Lipinski definition) is 6. The number of aliphatic hydroxyl groups is 5. The van der Waals surface area contributed by atoms with Crippen LogP contribution >= 0.6 is 0 Å². The third-order valence-corrected chi connectivity index (χ3v) is 9.62. The molecule has 1 aliphatic rings. The summed E-state index contributed by atoms with van der Waals surface area (Å²) in [6, 6.07) is -0.716. The van der Waals surface area contributed by atoms with Crippen molar-refractivity contribution in [3.05, 3.63) is 12.2 Å². The van der Waals surface area contributed by atoms with Crippen molar-refractivity contribution in [2.45, 2.75) is 217 Å². The van der Waals surface area contributed by atoms with Crippen molar-refractivity contribution in [1.29, 1.82) is 0 Å². The van der Waals surface area contributed by atoms with E-state index in [4.69, 9.17) is 9.47 Å². The maximum Gasteiger partial charge on any atom is 0.220 e. The van der Waals surface area contributed by atoms with E-state index in [1.54, 1.807) is 0 Å². The Hall–Kier alpha value is -1.07. The minimum absolute atomic E-state index is 0.139. The van der Waals surface area contributed by atoms with Crippen molar-refractivity contribution in [1.82, 2.24) is 5.32 Å². The molecule has 0 spiro atoms. The van der Waals surface area contributed by atoms with E-state index < -0.39 is 49.5 Å². The minimum Gasteiger partial charge on any atom is -0.394 e. The Morgan fingerprint density at radius 2 is 1.17 bits per heavy atom. The first-order valence-electron chi connectivity index (χ1n) is 19.9. The summed E-state index contributed by atoms with van der Waals surface area (Å²) in [6.07, 6.45) is 25.1. The van der Waals surface area contributed by atoms with Crippen molar-refractivity contribution in [2.24, 2.45) is 0 Å². The monoisotopic (exact) mass is 686 g/mol. The zero-order valence-corrected chi connectivity index (χ0v) is 30.7. The molecule has 7 atom stereocenters. The van der Waals surface area contributed by atoms with Crippen LogP contribution in [-0.2, 0) is 14.3 Å². The summed E-state index contributed by atoms with van der Waals surface area (Å²) >= 11 is 0. The third-order valence-electron chi connectivity index (χ3n) is 9.62. The van der Waals surface area contributed by atoms with Crippen LogP contribution in [0.4, 0.5) is 0 Å². The molecule has 0 radical (unpaired) electrons. The number of carbonyl (C=O) groups excluding carboxylic acids is 1. The van der Waals surface area contributed by atoms with Crippen molar-refractivity contribution in [2.75, 3.05) is 13.2 Å². The normalized spacial score (nSPS) is 22.7. The number of unbranched alkanes of at least 4 members (excludes halogenated alkanes) is 20. The molecular weight excluding hydrogens is 610 g/mol. The number of hydrogen-bond acceptors (Lipinski definition) is 8. The number of nitrogens with one attached hydrogen (secondary N) is 1. The van der Waals surface area contributed by atoms with Gasteiger partial charge in [-0.25, -0.2) is 0 Å². The standard InChI is InChI=1S/C39H75NO8/c1-3-5-7-9-11-13-14-15-16-17-18-19-21-23-25-27-29-35(43)40-32(33(42)28-26-24-22-20-12-10-8-6-4-2)31-47-39-38(46)37(45)36(44)34(30-41)48-39/h16-17,32-34,36-39,41-42,44-46H,3-15,18-31H2,1-2H3,(H,40,43)/b17-16-. The lowest BCUT2D eigenvalue weighted by Crippen LogP contribution is -2.60. The smallest absolute Gasteiger partial charge is 0.220 e. The Morgan fingerprint density at radius 1 is 0.688 bits per heavy atom. The predicted molar refractivity (Wildman–Crippen MR) is 194 cm³/mol. The van der Waals surface area contributed by atoms with Crippen LogP contribution in [0.3, 0.4) is 0 Å². The average Bonchev–Trinajstić information content (AvgIpc) is 3.08. The number of ether oxygens (including phenoxy) is 2.